The fourth-order valence-corrected chi connectivity index (χ4v) is 5.75. The van der Waals surface area contributed by atoms with Gasteiger partial charge in [0.1, 0.15) is 13.2 Å². The van der Waals surface area contributed by atoms with E-state index >= 15 is 0 Å². The van der Waals surface area contributed by atoms with Gasteiger partial charge in [0.15, 0.2) is 0 Å². The second-order valence-electron chi connectivity index (χ2n) is 14.6. The van der Waals surface area contributed by atoms with Crippen LogP contribution in [0.1, 0.15) is 129 Å². The molecular weight excluding hydrogens is 695 g/mol. The van der Waals surface area contributed by atoms with E-state index in [4.69, 9.17) is 9.05 Å². The summed E-state index contributed by atoms with van der Waals surface area (Å²) in [6.07, 6.45) is 50.9. The van der Waals surface area contributed by atoms with Crippen molar-refractivity contribution in [2.75, 3.05) is 40.9 Å². The van der Waals surface area contributed by atoms with E-state index < -0.39 is 20.0 Å². The number of unbranched alkanes of at least 4 members (excludes halogenated alkanes) is 8. The lowest BCUT2D eigenvalue weighted by Crippen LogP contribution is -2.45. The first-order chi connectivity index (χ1) is 26.0. The molecule has 0 saturated carbocycles. The molecule has 0 heterocycles. The highest BCUT2D eigenvalue weighted by Crippen LogP contribution is 2.43. The van der Waals surface area contributed by atoms with Crippen LogP contribution >= 0.6 is 7.82 Å². The molecule has 8 nitrogen and oxygen atoms in total. The molecule has 1 amide bonds. The summed E-state index contributed by atoms with van der Waals surface area (Å²) < 4.78 is 23.3. The van der Waals surface area contributed by atoms with Crippen LogP contribution in [0.15, 0.2) is 97.2 Å². The number of rotatable bonds is 35. The number of nitrogens with one attached hydrogen (secondary N) is 1. The van der Waals surface area contributed by atoms with Crippen molar-refractivity contribution < 1.29 is 32.9 Å². The van der Waals surface area contributed by atoms with Gasteiger partial charge < -0.3 is 19.8 Å². The van der Waals surface area contributed by atoms with Crippen molar-refractivity contribution in [2.45, 2.75) is 142 Å². The molecule has 0 rings (SSSR count). The molecule has 0 saturated heterocycles. The number of phosphoric acid groups is 1. The van der Waals surface area contributed by atoms with Crippen LogP contribution in [-0.4, -0.2) is 73.4 Å². The van der Waals surface area contributed by atoms with Crippen LogP contribution in [0.3, 0.4) is 0 Å². The Bertz CT molecular complexity index is 1190. The number of nitrogens with zero attached hydrogens (tertiary/aromatic N) is 1. The second-order valence-corrected chi connectivity index (χ2v) is 16.1. The zero-order valence-corrected chi connectivity index (χ0v) is 35.6. The van der Waals surface area contributed by atoms with E-state index in [1.165, 1.54) is 0 Å². The Morgan fingerprint density at radius 3 is 1.63 bits per heavy atom. The molecule has 308 valence electrons. The molecule has 0 aromatic heterocycles. The van der Waals surface area contributed by atoms with Gasteiger partial charge in [0.05, 0.1) is 39.9 Å². The number of hydrogen-bond acceptors (Lipinski definition) is 5. The summed E-state index contributed by atoms with van der Waals surface area (Å²) in [5.74, 6) is -0.210. The summed E-state index contributed by atoms with van der Waals surface area (Å²) in [5, 5.41) is 13.6. The minimum absolute atomic E-state index is 0.0504. The quantitative estimate of drug-likeness (QED) is 0.0256. The smallest absolute Gasteiger partial charge is 0.387 e. The van der Waals surface area contributed by atoms with E-state index in [0.717, 1.165) is 109 Å². The van der Waals surface area contributed by atoms with E-state index in [0.29, 0.717) is 17.4 Å². The van der Waals surface area contributed by atoms with Gasteiger partial charge in [-0.3, -0.25) is 13.8 Å². The SMILES string of the molecule is CC/C=C\C/C=C\C/C=C\C/C=C\C/C=C\C/C=C\C/C=C\CCCCCCCC(=O)NC(COP(=O)(O)OCC[N+](C)(C)C)C(O)/C=C/CCCCC. The minimum Gasteiger partial charge on any atom is -0.387 e. The van der Waals surface area contributed by atoms with Gasteiger partial charge in [-0.05, 0) is 77.0 Å². The minimum atomic E-state index is -4.33. The standard InChI is InChI=1S/C45H77N2O6P/c1-6-8-10-12-13-14-15-16-17-18-19-20-21-22-23-24-25-26-27-28-29-30-31-32-33-35-37-39-45(49)46-43(44(48)38-36-34-11-9-7-2)42-53-54(50,51)52-41-40-47(3,4)5/h8,10,13-14,16-17,19-20,22-23,25-26,28-29,36,38,43-44,48H,6-7,9,11-12,15,18,21,24,27,30-35,37,39-42H2,1-5H3,(H-,46,49,50,51)/p+1/b10-8-,14-13-,17-16-,20-19-,23-22-,26-25-,29-28-,38-36+. The van der Waals surface area contributed by atoms with Gasteiger partial charge in [-0.1, -0.05) is 143 Å². The summed E-state index contributed by atoms with van der Waals surface area (Å²) in [4.78, 5) is 22.9. The zero-order chi connectivity index (χ0) is 40.0. The van der Waals surface area contributed by atoms with Crippen LogP contribution in [0, 0.1) is 0 Å². The van der Waals surface area contributed by atoms with Crippen LogP contribution in [-0.2, 0) is 18.4 Å². The number of likely N-dealkylation sites (N-methyl/N-ethyl adjacent to an activating group) is 1. The Labute approximate surface area is 330 Å². The van der Waals surface area contributed by atoms with Gasteiger partial charge in [0.25, 0.3) is 0 Å². The fourth-order valence-electron chi connectivity index (χ4n) is 5.02. The molecular formula is C45H78N2O6P+. The highest BCUT2D eigenvalue weighted by atomic mass is 31.2. The monoisotopic (exact) mass is 774 g/mol. The van der Waals surface area contributed by atoms with Crippen LogP contribution in [0.2, 0.25) is 0 Å². The second kappa shape index (κ2) is 36.1. The van der Waals surface area contributed by atoms with Crippen molar-refractivity contribution in [1.29, 1.82) is 0 Å². The van der Waals surface area contributed by atoms with Crippen LogP contribution < -0.4 is 5.32 Å². The van der Waals surface area contributed by atoms with E-state index in [2.05, 4.69) is 104 Å². The summed E-state index contributed by atoms with van der Waals surface area (Å²) in [6.45, 7) is 4.53. The zero-order valence-electron chi connectivity index (χ0n) is 34.7. The van der Waals surface area contributed by atoms with E-state index in [1.807, 2.05) is 27.2 Å². The molecule has 9 heteroatoms. The third kappa shape index (κ3) is 37.7. The Morgan fingerprint density at radius 2 is 1.11 bits per heavy atom. The third-order valence-electron chi connectivity index (χ3n) is 8.31. The average Bonchev–Trinajstić information content (AvgIpc) is 3.12. The maximum atomic E-state index is 12.7. The van der Waals surface area contributed by atoms with Crippen LogP contribution in [0.4, 0.5) is 0 Å². The number of aliphatic hydroxyl groups excluding tert-OH is 1. The molecule has 0 aromatic rings. The average molecular weight is 774 g/mol. The summed E-state index contributed by atoms with van der Waals surface area (Å²) in [7, 11) is 1.53. The first-order valence-corrected chi connectivity index (χ1v) is 22.1. The molecule has 0 aliphatic rings. The molecule has 0 aromatic carbocycles. The number of quaternary nitrogens is 1. The Morgan fingerprint density at radius 1 is 0.648 bits per heavy atom. The molecule has 3 atom stereocenters. The van der Waals surface area contributed by atoms with Crippen LogP contribution in [0.5, 0.6) is 0 Å². The molecule has 0 spiro atoms. The molecule has 3 N–H and O–H groups in total. The van der Waals surface area contributed by atoms with Gasteiger partial charge in [-0.15, -0.1) is 0 Å². The first kappa shape index (κ1) is 51.4. The van der Waals surface area contributed by atoms with Crippen molar-refractivity contribution in [3.05, 3.63) is 97.2 Å². The Kier molecular flexibility index (Phi) is 34.4. The van der Waals surface area contributed by atoms with Gasteiger partial charge in [-0.2, -0.15) is 0 Å². The summed E-state index contributed by atoms with van der Waals surface area (Å²) >= 11 is 0. The Balaban J connectivity index is 4.19. The predicted octanol–water partition coefficient (Wildman–Crippen LogP) is 11.2. The van der Waals surface area contributed by atoms with Gasteiger partial charge >= 0.3 is 7.82 Å². The topological polar surface area (TPSA) is 105 Å². The molecule has 0 bridgehead atoms. The predicted molar refractivity (Wildman–Crippen MR) is 230 cm³/mol. The summed E-state index contributed by atoms with van der Waals surface area (Å²) in [6, 6.07) is -0.859. The lowest BCUT2D eigenvalue weighted by Gasteiger charge is -2.25. The Hall–Kier alpha value is -2.58. The maximum absolute atomic E-state index is 12.7. The van der Waals surface area contributed by atoms with E-state index in [-0.39, 0.29) is 19.1 Å². The maximum Gasteiger partial charge on any atom is 0.472 e. The molecule has 3 unspecified atom stereocenters. The largest absolute Gasteiger partial charge is 0.472 e. The molecule has 0 fully saturated rings. The van der Waals surface area contributed by atoms with E-state index in [1.54, 1.807) is 6.08 Å². The van der Waals surface area contributed by atoms with Gasteiger partial charge in [-0.25, -0.2) is 4.57 Å². The highest BCUT2D eigenvalue weighted by Gasteiger charge is 2.27. The summed E-state index contributed by atoms with van der Waals surface area (Å²) in [5.41, 5.74) is 0. The fraction of sp³-hybridized carbons (Fsp3) is 0.622. The van der Waals surface area contributed by atoms with Crippen LogP contribution in [0.25, 0.3) is 0 Å². The third-order valence-corrected chi connectivity index (χ3v) is 9.29. The van der Waals surface area contributed by atoms with Crippen molar-refractivity contribution in [2.24, 2.45) is 0 Å². The number of carbonyl (C=O) groups is 1. The van der Waals surface area contributed by atoms with Gasteiger partial charge in [0, 0.05) is 6.42 Å². The highest BCUT2D eigenvalue weighted by molar-refractivity contribution is 7.47. The number of phosphoric ester groups is 1. The molecule has 0 radical (unpaired) electrons. The normalized spacial score (nSPS) is 15.5. The molecule has 54 heavy (non-hydrogen) atoms. The molecule has 0 aliphatic carbocycles. The van der Waals surface area contributed by atoms with Crippen molar-refractivity contribution in [3.8, 4) is 0 Å². The number of hydrogen-bond donors (Lipinski definition) is 3. The lowest BCUT2D eigenvalue weighted by atomic mass is 10.1. The van der Waals surface area contributed by atoms with Crippen molar-refractivity contribution in [3.63, 3.8) is 0 Å². The number of carbonyl (C=O) groups excluding carboxylic acids is 1. The number of amides is 1. The number of allylic oxidation sites excluding steroid dienone is 15. The van der Waals surface area contributed by atoms with Crippen molar-refractivity contribution >= 4 is 13.7 Å². The van der Waals surface area contributed by atoms with Crippen molar-refractivity contribution in [1.82, 2.24) is 5.32 Å². The van der Waals surface area contributed by atoms with E-state index in [9.17, 15) is 19.4 Å². The lowest BCUT2D eigenvalue weighted by molar-refractivity contribution is -0.870. The molecule has 0 aliphatic heterocycles. The van der Waals surface area contributed by atoms with Gasteiger partial charge in [0.2, 0.25) is 5.91 Å². The number of aliphatic hydroxyl groups is 1. The first-order valence-electron chi connectivity index (χ1n) is 20.6.